The molecule has 2 heterocycles. The number of nitrogens with zero attached hydrogens (tertiary/aromatic N) is 2. The maximum absolute atomic E-state index is 10.1. The number of halogens is 1. The van der Waals surface area contributed by atoms with E-state index in [1.165, 1.54) is 19.5 Å². The minimum Gasteiger partial charge on any atom is -0.394 e. The first kappa shape index (κ1) is 15.4. The van der Waals surface area contributed by atoms with Crippen molar-refractivity contribution in [1.29, 1.82) is 0 Å². The SMILES string of the molecule is CO[C@H]1O[C@H](CO)[C@H](O)[C@H](O)[C@H]1Nc1cc(Cl)ncn1. The zero-order valence-corrected chi connectivity index (χ0v) is 11.4. The molecule has 1 saturated heterocycles. The number of hydrogen-bond donors (Lipinski definition) is 4. The number of ether oxygens (including phenoxy) is 2. The highest BCUT2D eigenvalue weighted by atomic mass is 35.5. The molecule has 112 valence electrons. The number of aliphatic hydroxyl groups is 3. The molecule has 0 saturated carbocycles. The predicted octanol–water partition coefficient (Wildman–Crippen LogP) is -1.00. The lowest BCUT2D eigenvalue weighted by Crippen LogP contribution is -2.61. The maximum Gasteiger partial charge on any atom is 0.180 e. The summed E-state index contributed by atoms with van der Waals surface area (Å²) in [4.78, 5) is 7.68. The van der Waals surface area contributed by atoms with E-state index in [0.29, 0.717) is 5.82 Å². The Morgan fingerprint density at radius 3 is 2.75 bits per heavy atom. The van der Waals surface area contributed by atoms with Gasteiger partial charge in [0.2, 0.25) is 0 Å². The molecule has 8 nitrogen and oxygen atoms in total. The second kappa shape index (κ2) is 6.61. The van der Waals surface area contributed by atoms with Gasteiger partial charge < -0.3 is 30.1 Å². The molecule has 20 heavy (non-hydrogen) atoms. The van der Waals surface area contributed by atoms with E-state index in [9.17, 15) is 10.2 Å². The van der Waals surface area contributed by atoms with Gasteiger partial charge in [0, 0.05) is 13.2 Å². The Labute approximate surface area is 120 Å². The topological polar surface area (TPSA) is 117 Å². The molecule has 1 aliphatic heterocycles. The summed E-state index contributed by atoms with van der Waals surface area (Å²) in [5.41, 5.74) is 0. The summed E-state index contributed by atoms with van der Waals surface area (Å²) in [5.74, 6) is 0.356. The number of nitrogens with one attached hydrogen (secondary N) is 1. The number of aliphatic hydroxyl groups excluding tert-OH is 3. The zero-order chi connectivity index (χ0) is 14.7. The van der Waals surface area contributed by atoms with Crippen LogP contribution >= 0.6 is 11.6 Å². The van der Waals surface area contributed by atoms with Crippen molar-refractivity contribution in [3.63, 3.8) is 0 Å². The Morgan fingerprint density at radius 2 is 2.15 bits per heavy atom. The van der Waals surface area contributed by atoms with Crippen molar-refractivity contribution in [2.75, 3.05) is 19.0 Å². The third-order valence-electron chi connectivity index (χ3n) is 3.06. The van der Waals surface area contributed by atoms with E-state index in [-0.39, 0.29) is 5.15 Å². The van der Waals surface area contributed by atoms with E-state index in [1.807, 2.05) is 0 Å². The van der Waals surface area contributed by atoms with Gasteiger partial charge in [-0.3, -0.25) is 0 Å². The molecule has 0 spiro atoms. The van der Waals surface area contributed by atoms with Gasteiger partial charge in [0.05, 0.1) is 6.61 Å². The Balaban J connectivity index is 2.15. The van der Waals surface area contributed by atoms with E-state index in [4.69, 9.17) is 26.2 Å². The molecule has 4 N–H and O–H groups in total. The first-order chi connectivity index (χ1) is 9.56. The molecule has 1 fully saturated rings. The van der Waals surface area contributed by atoms with Gasteiger partial charge in [-0.25, -0.2) is 9.97 Å². The second-order valence-electron chi connectivity index (χ2n) is 4.34. The summed E-state index contributed by atoms with van der Waals surface area (Å²) in [6, 6.07) is 0.690. The maximum atomic E-state index is 10.1. The first-order valence-electron chi connectivity index (χ1n) is 5.96. The van der Waals surface area contributed by atoms with Gasteiger partial charge in [-0.15, -0.1) is 0 Å². The highest BCUT2D eigenvalue weighted by Crippen LogP contribution is 2.24. The Kier molecular flexibility index (Phi) is 5.08. The van der Waals surface area contributed by atoms with E-state index in [0.717, 1.165) is 0 Å². The monoisotopic (exact) mass is 305 g/mol. The molecule has 0 radical (unpaired) electrons. The van der Waals surface area contributed by atoms with Crippen molar-refractivity contribution >= 4 is 17.4 Å². The molecule has 2 rings (SSSR count). The summed E-state index contributed by atoms with van der Waals surface area (Å²) >= 11 is 5.74. The van der Waals surface area contributed by atoms with Gasteiger partial charge in [-0.2, -0.15) is 0 Å². The summed E-state index contributed by atoms with van der Waals surface area (Å²) in [6.45, 7) is -0.426. The molecular formula is C11H16ClN3O5. The van der Waals surface area contributed by atoms with Gasteiger partial charge in [-0.05, 0) is 0 Å². The summed E-state index contributed by atoms with van der Waals surface area (Å²) in [6.07, 6.45) is -2.97. The molecule has 0 aromatic carbocycles. The second-order valence-corrected chi connectivity index (χ2v) is 4.73. The van der Waals surface area contributed by atoms with Gasteiger partial charge in [0.1, 0.15) is 41.7 Å². The van der Waals surface area contributed by atoms with Crippen LogP contribution in [-0.4, -0.2) is 69.6 Å². The molecule has 0 unspecified atom stereocenters. The number of aromatic nitrogens is 2. The van der Waals surface area contributed by atoms with Crippen LogP contribution in [0, 0.1) is 0 Å². The van der Waals surface area contributed by atoms with E-state index in [2.05, 4.69) is 15.3 Å². The van der Waals surface area contributed by atoms with E-state index in [1.54, 1.807) is 0 Å². The molecule has 1 aliphatic rings. The zero-order valence-electron chi connectivity index (χ0n) is 10.7. The van der Waals surface area contributed by atoms with E-state index >= 15 is 0 Å². The normalized spacial score (nSPS) is 34.0. The van der Waals surface area contributed by atoms with Crippen LogP contribution in [-0.2, 0) is 9.47 Å². The third kappa shape index (κ3) is 3.17. The highest BCUT2D eigenvalue weighted by molar-refractivity contribution is 6.29. The van der Waals surface area contributed by atoms with Crippen molar-refractivity contribution in [3.05, 3.63) is 17.5 Å². The first-order valence-corrected chi connectivity index (χ1v) is 6.34. The van der Waals surface area contributed by atoms with Crippen molar-refractivity contribution < 1.29 is 24.8 Å². The van der Waals surface area contributed by atoms with Gasteiger partial charge in [-0.1, -0.05) is 11.6 Å². The standard InChI is InChI=1S/C11H16ClN3O5/c1-19-11-8(10(18)9(17)5(3-16)20-11)15-7-2-6(12)13-4-14-7/h2,4-5,8-11,16-18H,3H2,1H3,(H,13,14,15)/t5-,8-,9+,10-,11+/m1/s1. The van der Waals surface area contributed by atoms with Crippen LogP contribution in [0.5, 0.6) is 0 Å². The molecule has 0 amide bonds. The predicted molar refractivity (Wildman–Crippen MR) is 69.2 cm³/mol. The smallest absolute Gasteiger partial charge is 0.180 e. The van der Waals surface area contributed by atoms with Crippen LogP contribution in [0.25, 0.3) is 0 Å². The molecule has 1 aromatic heterocycles. The molecular weight excluding hydrogens is 290 g/mol. The van der Waals surface area contributed by atoms with Gasteiger partial charge in [0.15, 0.2) is 6.29 Å². The quantitative estimate of drug-likeness (QED) is 0.523. The fourth-order valence-corrected chi connectivity index (χ4v) is 2.17. The number of hydrogen-bond acceptors (Lipinski definition) is 8. The summed E-state index contributed by atoms with van der Waals surface area (Å²) < 4.78 is 10.5. The van der Waals surface area contributed by atoms with Crippen molar-refractivity contribution in [2.24, 2.45) is 0 Å². The fraction of sp³-hybridized carbons (Fsp3) is 0.636. The highest BCUT2D eigenvalue weighted by Gasteiger charge is 2.44. The minimum absolute atomic E-state index is 0.233. The van der Waals surface area contributed by atoms with Crippen molar-refractivity contribution in [1.82, 2.24) is 9.97 Å². The van der Waals surface area contributed by atoms with Gasteiger partial charge >= 0.3 is 0 Å². The molecule has 0 aliphatic carbocycles. The van der Waals surface area contributed by atoms with Crippen LogP contribution in [0.2, 0.25) is 5.15 Å². The van der Waals surface area contributed by atoms with Crippen LogP contribution in [0.3, 0.4) is 0 Å². The average molecular weight is 306 g/mol. The summed E-state index contributed by atoms with van der Waals surface area (Å²) in [5, 5.41) is 32.2. The van der Waals surface area contributed by atoms with Crippen LogP contribution in [0.4, 0.5) is 5.82 Å². The fourth-order valence-electron chi connectivity index (χ4n) is 2.02. The van der Waals surface area contributed by atoms with Crippen LogP contribution < -0.4 is 5.32 Å². The third-order valence-corrected chi connectivity index (χ3v) is 3.27. The summed E-state index contributed by atoms with van der Waals surface area (Å²) in [7, 11) is 1.39. The largest absolute Gasteiger partial charge is 0.394 e. The lowest BCUT2D eigenvalue weighted by atomic mass is 9.97. The van der Waals surface area contributed by atoms with Crippen LogP contribution in [0.1, 0.15) is 0 Å². The number of methoxy groups -OCH3 is 1. The lowest BCUT2D eigenvalue weighted by molar-refractivity contribution is -0.254. The number of rotatable bonds is 4. The molecule has 9 heteroatoms. The Morgan fingerprint density at radius 1 is 1.40 bits per heavy atom. The molecule has 1 aromatic rings. The van der Waals surface area contributed by atoms with Crippen molar-refractivity contribution in [3.8, 4) is 0 Å². The lowest BCUT2D eigenvalue weighted by Gasteiger charge is -2.41. The number of anilines is 1. The minimum atomic E-state index is -1.25. The average Bonchev–Trinajstić information content (AvgIpc) is 2.44. The van der Waals surface area contributed by atoms with Crippen molar-refractivity contribution in [2.45, 2.75) is 30.6 Å². The van der Waals surface area contributed by atoms with Crippen LogP contribution in [0.15, 0.2) is 12.4 Å². The Hall–Kier alpha value is -1.03. The molecule has 0 bridgehead atoms. The molecule has 5 atom stereocenters. The Bertz CT molecular complexity index is 450. The van der Waals surface area contributed by atoms with Gasteiger partial charge in [0.25, 0.3) is 0 Å². The van der Waals surface area contributed by atoms with E-state index < -0.39 is 37.3 Å².